The van der Waals surface area contributed by atoms with E-state index in [1.54, 1.807) is 12.1 Å². The number of nitrogen functional groups attached to an aromatic ring is 1. The summed E-state index contributed by atoms with van der Waals surface area (Å²) in [5, 5.41) is 12.0. The Morgan fingerprint density at radius 1 is 1.32 bits per heavy atom. The minimum absolute atomic E-state index is 0.0208. The van der Waals surface area contributed by atoms with E-state index >= 15 is 0 Å². The fraction of sp³-hybridized carbons (Fsp3) is 0. The van der Waals surface area contributed by atoms with Gasteiger partial charge in [-0.2, -0.15) is 0 Å². The molecule has 98 valence electrons. The zero-order valence-electron chi connectivity index (χ0n) is 9.65. The van der Waals surface area contributed by atoms with Crippen molar-refractivity contribution in [2.45, 2.75) is 0 Å². The van der Waals surface area contributed by atoms with Gasteiger partial charge in [-0.05, 0) is 30.3 Å². The van der Waals surface area contributed by atoms with Crippen molar-refractivity contribution in [3.05, 3.63) is 52.8 Å². The van der Waals surface area contributed by atoms with Gasteiger partial charge in [0.25, 0.3) is 0 Å². The second-order valence-corrected chi connectivity index (χ2v) is 4.29. The lowest BCUT2D eigenvalue weighted by Crippen LogP contribution is -2.05. The fourth-order valence-corrected chi connectivity index (χ4v) is 1.86. The molecule has 6 heteroatoms. The highest BCUT2D eigenvalue weighted by Gasteiger charge is 2.11. The molecule has 0 aromatic heterocycles. The number of carbonyl (C=O) groups is 1. The molecule has 0 fully saturated rings. The SMILES string of the molecule is Nc1c(Nc2cc(F)cc(Cl)c2)cccc1C(=O)O. The zero-order valence-corrected chi connectivity index (χ0v) is 10.4. The molecule has 0 unspecified atom stereocenters. The molecule has 2 aromatic carbocycles. The van der Waals surface area contributed by atoms with Crippen LogP contribution in [-0.2, 0) is 0 Å². The van der Waals surface area contributed by atoms with Crippen LogP contribution in [0.2, 0.25) is 5.02 Å². The van der Waals surface area contributed by atoms with Gasteiger partial charge >= 0.3 is 5.97 Å². The van der Waals surface area contributed by atoms with Gasteiger partial charge in [0.05, 0.1) is 16.9 Å². The molecule has 0 spiro atoms. The van der Waals surface area contributed by atoms with Crippen molar-refractivity contribution < 1.29 is 14.3 Å². The largest absolute Gasteiger partial charge is 0.478 e. The molecule has 2 aromatic rings. The van der Waals surface area contributed by atoms with Crippen molar-refractivity contribution in [2.75, 3.05) is 11.1 Å². The number of carboxylic acid groups (broad SMARTS) is 1. The number of halogens is 2. The Balaban J connectivity index is 2.38. The molecule has 0 heterocycles. The third-order valence-corrected chi connectivity index (χ3v) is 2.70. The Morgan fingerprint density at radius 2 is 2.05 bits per heavy atom. The third kappa shape index (κ3) is 2.95. The van der Waals surface area contributed by atoms with Gasteiger partial charge < -0.3 is 16.2 Å². The minimum atomic E-state index is -1.13. The van der Waals surface area contributed by atoms with Crippen LogP contribution in [0.5, 0.6) is 0 Å². The van der Waals surface area contributed by atoms with E-state index in [4.69, 9.17) is 22.4 Å². The van der Waals surface area contributed by atoms with Gasteiger partial charge in [0.2, 0.25) is 0 Å². The van der Waals surface area contributed by atoms with Crippen LogP contribution >= 0.6 is 11.6 Å². The number of rotatable bonds is 3. The average Bonchev–Trinajstić information content (AvgIpc) is 2.30. The normalized spacial score (nSPS) is 10.2. The summed E-state index contributed by atoms with van der Waals surface area (Å²) >= 11 is 5.73. The van der Waals surface area contributed by atoms with Crippen molar-refractivity contribution in [3.63, 3.8) is 0 Å². The second kappa shape index (κ2) is 5.16. The number of benzene rings is 2. The first-order valence-electron chi connectivity index (χ1n) is 5.32. The maximum Gasteiger partial charge on any atom is 0.337 e. The van der Waals surface area contributed by atoms with E-state index in [-0.39, 0.29) is 16.3 Å². The van der Waals surface area contributed by atoms with Gasteiger partial charge in [-0.3, -0.25) is 0 Å². The summed E-state index contributed by atoms with van der Waals surface area (Å²) < 4.78 is 13.2. The summed E-state index contributed by atoms with van der Waals surface area (Å²) in [7, 11) is 0. The lowest BCUT2D eigenvalue weighted by Gasteiger charge is -2.11. The molecule has 19 heavy (non-hydrogen) atoms. The number of nitrogens with one attached hydrogen (secondary N) is 1. The zero-order chi connectivity index (χ0) is 14.0. The first-order chi connectivity index (χ1) is 8.97. The lowest BCUT2D eigenvalue weighted by atomic mass is 10.1. The monoisotopic (exact) mass is 280 g/mol. The van der Waals surface area contributed by atoms with Crippen molar-refractivity contribution >= 4 is 34.6 Å². The quantitative estimate of drug-likeness (QED) is 0.752. The maximum atomic E-state index is 13.2. The predicted molar refractivity (Wildman–Crippen MR) is 72.5 cm³/mol. The molecule has 0 radical (unpaired) electrons. The van der Waals surface area contributed by atoms with E-state index in [0.717, 1.165) is 0 Å². The van der Waals surface area contributed by atoms with Gasteiger partial charge in [0.1, 0.15) is 5.82 Å². The molecule has 0 atom stereocenters. The van der Waals surface area contributed by atoms with Gasteiger partial charge in [0, 0.05) is 10.7 Å². The Labute approximate surface area is 113 Å². The number of hydrogen-bond acceptors (Lipinski definition) is 3. The average molecular weight is 281 g/mol. The second-order valence-electron chi connectivity index (χ2n) is 3.86. The van der Waals surface area contributed by atoms with Crippen LogP contribution < -0.4 is 11.1 Å². The maximum absolute atomic E-state index is 13.2. The molecule has 4 N–H and O–H groups in total. The van der Waals surface area contributed by atoms with Crippen LogP contribution in [0.3, 0.4) is 0 Å². The topological polar surface area (TPSA) is 75.3 Å². The Bertz CT molecular complexity index is 626. The van der Waals surface area contributed by atoms with Crippen molar-refractivity contribution in [1.29, 1.82) is 0 Å². The number of hydrogen-bond donors (Lipinski definition) is 3. The van der Waals surface area contributed by atoms with Crippen LogP contribution in [0, 0.1) is 5.82 Å². The smallest absolute Gasteiger partial charge is 0.337 e. The number of nitrogens with two attached hydrogens (primary N) is 1. The first-order valence-corrected chi connectivity index (χ1v) is 5.70. The molecule has 2 rings (SSSR count). The summed E-state index contributed by atoms with van der Waals surface area (Å²) in [4.78, 5) is 10.9. The van der Waals surface area contributed by atoms with E-state index < -0.39 is 11.8 Å². The summed E-state index contributed by atoms with van der Waals surface area (Å²) in [5.41, 5.74) is 6.56. The van der Waals surface area contributed by atoms with Gasteiger partial charge in [-0.25, -0.2) is 9.18 Å². The molecule has 0 bridgehead atoms. The molecule has 0 amide bonds. The van der Waals surface area contributed by atoms with Crippen LogP contribution in [0.1, 0.15) is 10.4 Å². The molecule has 0 saturated carbocycles. The fourth-order valence-electron chi connectivity index (χ4n) is 1.64. The Hall–Kier alpha value is -2.27. The summed E-state index contributed by atoms with van der Waals surface area (Å²) in [5.74, 6) is -1.62. The van der Waals surface area contributed by atoms with E-state index in [0.29, 0.717) is 11.4 Å². The molecule has 0 aliphatic carbocycles. The lowest BCUT2D eigenvalue weighted by molar-refractivity contribution is 0.0698. The standard InChI is InChI=1S/C13H10ClFN2O2/c14-7-4-8(15)6-9(5-7)17-11-3-1-2-10(12(11)16)13(18)19/h1-6,17H,16H2,(H,18,19). The van der Waals surface area contributed by atoms with E-state index in [1.165, 1.54) is 24.3 Å². The number of aromatic carboxylic acids is 1. The number of carboxylic acids is 1. The molecule has 4 nitrogen and oxygen atoms in total. The molecule has 0 saturated heterocycles. The molecule has 0 aliphatic heterocycles. The van der Waals surface area contributed by atoms with Gasteiger partial charge in [-0.1, -0.05) is 17.7 Å². The van der Waals surface area contributed by atoms with E-state index in [2.05, 4.69) is 5.32 Å². The predicted octanol–water partition coefficient (Wildman–Crippen LogP) is 3.50. The van der Waals surface area contributed by atoms with Crippen LogP contribution in [0.25, 0.3) is 0 Å². The van der Waals surface area contributed by atoms with Gasteiger partial charge in [-0.15, -0.1) is 0 Å². The van der Waals surface area contributed by atoms with Gasteiger partial charge in [0.15, 0.2) is 0 Å². The van der Waals surface area contributed by atoms with E-state index in [9.17, 15) is 9.18 Å². The summed E-state index contributed by atoms with van der Waals surface area (Å²) in [6, 6.07) is 8.45. The highest BCUT2D eigenvalue weighted by atomic mass is 35.5. The summed E-state index contributed by atoms with van der Waals surface area (Å²) in [6.07, 6.45) is 0. The van der Waals surface area contributed by atoms with Crippen molar-refractivity contribution in [3.8, 4) is 0 Å². The molecule has 0 aliphatic rings. The van der Waals surface area contributed by atoms with E-state index in [1.807, 2.05) is 0 Å². The van der Waals surface area contributed by atoms with Crippen LogP contribution in [-0.4, -0.2) is 11.1 Å². The van der Waals surface area contributed by atoms with Crippen molar-refractivity contribution in [1.82, 2.24) is 0 Å². The summed E-state index contributed by atoms with van der Waals surface area (Å²) in [6.45, 7) is 0. The van der Waals surface area contributed by atoms with Crippen molar-refractivity contribution in [2.24, 2.45) is 0 Å². The molecular weight excluding hydrogens is 271 g/mol. The number of anilines is 3. The molecular formula is C13H10ClFN2O2. The van der Waals surface area contributed by atoms with Crippen LogP contribution in [0.15, 0.2) is 36.4 Å². The Kier molecular flexibility index (Phi) is 3.57. The number of para-hydroxylation sites is 1. The highest BCUT2D eigenvalue weighted by molar-refractivity contribution is 6.30. The van der Waals surface area contributed by atoms with Crippen LogP contribution in [0.4, 0.5) is 21.5 Å². The third-order valence-electron chi connectivity index (χ3n) is 2.48. The highest BCUT2D eigenvalue weighted by Crippen LogP contribution is 2.28. The Morgan fingerprint density at radius 3 is 2.68 bits per heavy atom. The minimum Gasteiger partial charge on any atom is -0.478 e. The first kappa shape index (κ1) is 13.2.